The van der Waals surface area contributed by atoms with Crippen LogP contribution in [0, 0.1) is 0 Å². The largest absolute Gasteiger partial charge is 0.494 e. The zero-order valence-corrected chi connectivity index (χ0v) is 16.3. The first-order valence-electron chi connectivity index (χ1n) is 9.96. The van der Waals surface area contributed by atoms with Crippen LogP contribution in [-0.2, 0) is 0 Å². The second kappa shape index (κ2) is 7.51. The molecule has 2 aromatic heterocycles. The van der Waals surface area contributed by atoms with Gasteiger partial charge in [0.15, 0.2) is 0 Å². The molecule has 5 heteroatoms. The highest BCUT2D eigenvalue weighted by Gasteiger charge is 2.32. The van der Waals surface area contributed by atoms with E-state index in [1.54, 1.807) is 12.4 Å². The predicted octanol–water partition coefficient (Wildman–Crippen LogP) is 4.69. The number of nitrogens with zero attached hydrogens (tertiary/aromatic N) is 4. The standard InChI is InChI=1S/C24H22N4O/c1-2-29-20-8-5-7-18(14-20)23-24(26-13-12-25-23)19-15-28(16-19)22-11-10-17-6-3-4-9-21(17)27-22/h3-14,19H,2,15-16H2,1H3. The molecule has 0 amide bonds. The van der Waals surface area contributed by atoms with Crippen molar-refractivity contribution in [3.05, 3.63) is 78.8 Å². The lowest BCUT2D eigenvalue weighted by molar-refractivity contribution is 0.340. The van der Waals surface area contributed by atoms with E-state index < -0.39 is 0 Å². The Morgan fingerprint density at radius 1 is 0.966 bits per heavy atom. The topological polar surface area (TPSA) is 51.1 Å². The maximum Gasteiger partial charge on any atom is 0.129 e. The van der Waals surface area contributed by atoms with Crippen molar-refractivity contribution in [2.45, 2.75) is 12.8 Å². The summed E-state index contributed by atoms with van der Waals surface area (Å²) >= 11 is 0. The van der Waals surface area contributed by atoms with Crippen LogP contribution >= 0.6 is 0 Å². The Hall–Kier alpha value is -3.47. The van der Waals surface area contributed by atoms with Crippen molar-refractivity contribution in [2.24, 2.45) is 0 Å². The summed E-state index contributed by atoms with van der Waals surface area (Å²) in [4.78, 5) is 16.4. The Bertz CT molecular complexity index is 1150. The SMILES string of the molecule is CCOc1cccc(-c2nccnc2C2CN(c3ccc4ccccc4n3)C2)c1. The average Bonchev–Trinajstić information content (AvgIpc) is 2.73. The third kappa shape index (κ3) is 3.40. The number of ether oxygens (including phenoxy) is 1. The number of anilines is 1. The first-order valence-corrected chi connectivity index (χ1v) is 9.96. The second-order valence-electron chi connectivity index (χ2n) is 7.22. The number of rotatable bonds is 5. The van der Waals surface area contributed by atoms with E-state index in [9.17, 15) is 0 Å². The molecule has 2 aromatic carbocycles. The van der Waals surface area contributed by atoms with Gasteiger partial charge >= 0.3 is 0 Å². The molecule has 4 aromatic rings. The molecule has 1 aliphatic rings. The van der Waals surface area contributed by atoms with E-state index in [1.807, 2.05) is 37.3 Å². The predicted molar refractivity (Wildman–Crippen MR) is 115 cm³/mol. The van der Waals surface area contributed by atoms with Gasteiger partial charge in [0.1, 0.15) is 11.6 Å². The van der Waals surface area contributed by atoms with Crippen molar-refractivity contribution in [3.8, 4) is 17.0 Å². The lowest BCUT2D eigenvalue weighted by atomic mass is 9.92. The van der Waals surface area contributed by atoms with Crippen molar-refractivity contribution in [1.29, 1.82) is 0 Å². The third-order valence-electron chi connectivity index (χ3n) is 5.32. The monoisotopic (exact) mass is 382 g/mol. The van der Waals surface area contributed by atoms with Gasteiger partial charge in [-0.3, -0.25) is 9.97 Å². The minimum atomic E-state index is 0.336. The summed E-state index contributed by atoms with van der Waals surface area (Å²) in [5.41, 5.74) is 4.05. The number of fused-ring (bicyclic) bond motifs is 1. The Balaban J connectivity index is 1.38. The molecule has 1 fully saturated rings. The smallest absolute Gasteiger partial charge is 0.129 e. The van der Waals surface area contributed by atoms with Gasteiger partial charge in [-0.1, -0.05) is 30.3 Å². The molecular formula is C24H22N4O. The number of aromatic nitrogens is 3. The maximum atomic E-state index is 5.65. The van der Waals surface area contributed by atoms with Crippen molar-refractivity contribution in [3.63, 3.8) is 0 Å². The molecule has 5 nitrogen and oxygen atoms in total. The molecule has 3 heterocycles. The molecule has 1 aliphatic heterocycles. The summed E-state index contributed by atoms with van der Waals surface area (Å²) in [6.07, 6.45) is 3.54. The van der Waals surface area contributed by atoms with Crippen molar-refractivity contribution in [1.82, 2.24) is 15.0 Å². The molecule has 0 saturated carbocycles. The van der Waals surface area contributed by atoms with E-state index in [1.165, 1.54) is 5.39 Å². The van der Waals surface area contributed by atoms with E-state index in [0.29, 0.717) is 12.5 Å². The number of para-hydroxylation sites is 1. The molecule has 1 saturated heterocycles. The molecule has 0 atom stereocenters. The van der Waals surface area contributed by atoms with E-state index in [-0.39, 0.29) is 0 Å². The molecule has 5 rings (SSSR count). The fourth-order valence-corrected chi connectivity index (χ4v) is 3.84. The minimum absolute atomic E-state index is 0.336. The molecular weight excluding hydrogens is 360 g/mol. The van der Waals surface area contributed by atoms with Crippen LogP contribution in [0.1, 0.15) is 18.5 Å². The minimum Gasteiger partial charge on any atom is -0.494 e. The van der Waals surface area contributed by atoms with Gasteiger partial charge in [-0.25, -0.2) is 4.98 Å². The molecule has 0 spiro atoms. The Morgan fingerprint density at radius 2 is 1.83 bits per heavy atom. The summed E-state index contributed by atoms with van der Waals surface area (Å²) in [5, 5.41) is 1.17. The summed E-state index contributed by atoms with van der Waals surface area (Å²) in [5.74, 6) is 2.21. The molecule has 0 N–H and O–H groups in total. The van der Waals surface area contributed by atoms with Gasteiger partial charge < -0.3 is 9.64 Å². The van der Waals surface area contributed by atoms with Crippen LogP contribution in [0.2, 0.25) is 0 Å². The number of hydrogen-bond acceptors (Lipinski definition) is 5. The van der Waals surface area contributed by atoms with Crippen LogP contribution in [0.25, 0.3) is 22.2 Å². The Kier molecular flexibility index (Phi) is 4.56. The molecule has 0 radical (unpaired) electrons. The van der Waals surface area contributed by atoms with Crippen LogP contribution < -0.4 is 9.64 Å². The lowest BCUT2D eigenvalue weighted by Gasteiger charge is -2.40. The van der Waals surface area contributed by atoms with Crippen LogP contribution in [-0.4, -0.2) is 34.6 Å². The van der Waals surface area contributed by atoms with Crippen LogP contribution in [0.15, 0.2) is 73.1 Å². The second-order valence-corrected chi connectivity index (χ2v) is 7.22. The first-order chi connectivity index (χ1) is 14.3. The van der Waals surface area contributed by atoms with E-state index >= 15 is 0 Å². The fraction of sp³-hybridized carbons (Fsp3) is 0.208. The first kappa shape index (κ1) is 17.6. The zero-order chi connectivity index (χ0) is 19.6. The van der Waals surface area contributed by atoms with E-state index in [0.717, 1.165) is 47.1 Å². The highest BCUT2D eigenvalue weighted by atomic mass is 16.5. The highest BCUT2D eigenvalue weighted by Crippen LogP contribution is 2.35. The zero-order valence-electron chi connectivity index (χ0n) is 16.3. The highest BCUT2D eigenvalue weighted by molar-refractivity contribution is 5.80. The van der Waals surface area contributed by atoms with Gasteiger partial charge in [0.2, 0.25) is 0 Å². The quantitative estimate of drug-likeness (QED) is 0.501. The van der Waals surface area contributed by atoms with Crippen molar-refractivity contribution < 1.29 is 4.74 Å². The van der Waals surface area contributed by atoms with Gasteiger partial charge in [-0.2, -0.15) is 0 Å². The third-order valence-corrected chi connectivity index (χ3v) is 5.32. The molecule has 29 heavy (non-hydrogen) atoms. The normalized spacial score (nSPS) is 14.0. The Labute approximate surface area is 170 Å². The van der Waals surface area contributed by atoms with Crippen LogP contribution in [0.3, 0.4) is 0 Å². The lowest BCUT2D eigenvalue weighted by Crippen LogP contribution is -2.46. The van der Waals surface area contributed by atoms with Gasteiger partial charge in [0.05, 0.1) is 23.5 Å². The summed E-state index contributed by atoms with van der Waals surface area (Å²) in [6.45, 7) is 4.42. The van der Waals surface area contributed by atoms with Gasteiger partial charge in [-0.05, 0) is 37.3 Å². The van der Waals surface area contributed by atoms with Crippen LogP contribution in [0.5, 0.6) is 5.75 Å². The van der Waals surface area contributed by atoms with Gasteiger partial charge in [0, 0.05) is 42.4 Å². The van der Waals surface area contributed by atoms with E-state index in [4.69, 9.17) is 9.72 Å². The fourth-order valence-electron chi connectivity index (χ4n) is 3.84. The van der Waals surface area contributed by atoms with Crippen molar-refractivity contribution >= 4 is 16.7 Å². The average molecular weight is 382 g/mol. The summed E-state index contributed by atoms with van der Waals surface area (Å²) in [7, 11) is 0. The van der Waals surface area contributed by atoms with Gasteiger partial charge in [-0.15, -0.1) is 0 Å². The number of pyridine rings is 1. The Morgan fingerprint density at radius 3 is 2.72 bits per heavy atom. The molecule has 0 bridgehead atoms. The van der Waals surface area contributed by atoms with Crippen LogP contribution in [0.4, 0.5) is 5.82 Å². The van der Waals surface area contributed by atoms with Gasteiger partial charge in [0.25, 0.3) is 0 Å². The number of benzene rings is 2. The van der Waals surface area contributed by atoms with Crippen molar-refractivity contribution in [2.75, 3.05) is 24.6 Å². The number of hydrogen-bond donors (Lipinski definition) is 0. The van der Waals surface area contributed by atoms with E-state index in [2.05, 4.69) is 45.2 Å². The molecule has 144 valence electrons. The summed E-state index contributed by atoms with van der Waals surface area (Å²) < 4.78 is 5.65. The molecule has 0 aliphatic carbocycles. The summed E-state index contributed by atoms with van der Waals surface area (Å²) in [6, 6.07) is 20.5. The maximum absolute atomic E-state index is 5.65. The molecule has 0 unspecified atom stereocenters.